The van der Waals surface area contributed by atoms with E-state index in [-0.39, 0.29) is 0 Å². The maximum Gasteiger partial charge on any atom is -0.0138 e. The fourth-order valence-corrected chi connectivity index (χ4v) is 6.90. The van der Waals surface area contributed by atoms with Crippen molar-refractivity contribution in [3.63, 3.8) is 0 Å². The molecule has 0 aromatic heterocycles. The van der Waals surface area contributed by atoms with Gasteiger partial charge in [0.25, 0.3) is 0 Å². The van der Waals surface area contributed by atoms with Crippen molar-refractivity contribution in [1.29, 1.82) is 0 Å². The molecule has 0 radical (unpaired) electrons. The van der Waals surface area contributed by atoms with E-state index in [1.165, 1.54) is 141 Å². The van der Waals surface area contributed by atoms with Crippen molar-refractivity contribution < 1.29 is 0 Å². The van der Waals surface area contributed by atoms with Crippen LogP contribution in [0.25, 0.3) is 0 Å². The molecule has 3 aliphatic rings. The van der Waals surface area contributed by atoms with Gasteiger partial charge in [-0.1, -0.05) is 125 Å². The third-order valence-corrected chi connectivity index (χ3v) is 9.95. The first-order chi connectivity index (χ1) is 17.7. The van der Waals surface area contributed by atoms with E-state index in [9.17, 15) is 0 Å². The molecule has 0 bridgehead atoms. The second kappa shape index (κ2) is 17.5. The molecule has 0 aromatic carbocycles. The molecular weight excluding hydrogens is 432 g/mol. The quantitative estimate of drug-likeness (QED) is 0.0955. The SMILES string of the molecule is C=C(CCCCCCC/C=C\C=C\C(CCCCC)C(CC1CCCC1)C(C)=C1CCC1)C1CCC1. The third kappa shape index (κ3) is 10.4. The molecule has 3 saturated carbocycles. The molecule has 0 heterocycles. The summed E-state index contributed by atoms with van der Waals surface area (Å²) < 4.78 is 0. The van der Waals surface area contributed by atoms with E-state index in [4.69, 9.17) is 0 Å². The largest absolute Gasteiger partial charge is 0.0996 e. The van der Waals surface area contributed by atoms with E-state index in [2.05, 4.69) is 44.7 Å². The number of allylic oxidation sites excluding steroid dienone is 7. The van der Waals surface area contributed by atoms with Gasteiger partial charge in [0, 0.05) is 0 Å². The third-order valence-electron chi connectivity index (χ3n) is 9.95. The number of rotatable bonds is 19. The van der Waals surface area contributed by atoms with Crippen LogP contribution in [0.3, 0.4) is 0 Å². The fraction of sp³-hybridized carbons (Fsp3) is 0.778. The summed E-state index contributed by atoms with van der Waals surface area (Å²) in [6.45, 7) is 9.18. The molecule has 3 fully saturated rings. The molecule has 3 aliphatic carbocycles. The first-order valence-electron chi connectivity index (χ1n) is 16.4. The highest BCUT2D eigenvalue weighted by Crippen LogP contribution is 2.42. The number of hydrogen-bond donors (Lipinski definition) is 0. The Bertz CT molecular complexity index is 688. The summed E-state index contributed by atoms with van der Waals surface area (Å²) >= 11 is 0. The first-order valence-corrected chi connectivity index (χ1v) is 16.4. The summed E-state index contributed by atoms with van der Waals surface area (Å²) in [5, 5.41) is 0. The summed E-state index contributed by atoms with van der Waals surface area (Å²) in [7, 11) is 0. The summed E-state index contributed by atoms with van der Waals surface area (Å²) in [5.74, 6) is 3.40. The lowest BCUT2D eigenvalue weighted by molar-refractivity contribution is 0.321. The van der Waals surface area contributed by atoms with Gasteiger partial charge < -0.3 is 0 Å². The smallest absolute Gasteiger partial charge is 0.0138 e. The van der Waals surface area contributed by atoms with Crippen LogP contribution in [0.5, 0.6) is 0 Å². The summed E-state index contributed by atoms with van der Waals surface area (Å²) in [6, 6.07) is 0. The maximum atomic E-state index is 4.33. The molecule has 0 aliphatic heterocycles. The minimum Gasteiger partial charge on any atom is -0.0996 e. The van der Waals surface area contributed by atoms with Crippen LogP contribution in [0.15, 0.2) is 47.6 Å². The van der Waals surface area contributed by atoms with Crippen LogP contribution in [0.1, 0.15) is 155 Å². The normalized spacial score (nSPS) is 20.7. The summed E-state index contributed by atoms with van der Waals surface area (Å²) in [5.41, 5.74) is 5.16. The molecule has 2 unspecified atom stereocenters. The first kappa shape index (κ1) is 29.5. The van der Waals surface area contributed by atoms with Crippen LogP contribution < -0.4 is 0 Å². The highest BCUT2D eigenvalue weighted by atomic mass is 14.3. The lowest BCUT2D eigenvalue weighted by Gasteiger charge is -2.32. The van der Waals surface area contributed by atoms with E-state index in [1.807, 2.05) is 5.57 Å². The highest BCUT2D eigenvalue weighted by Gasteiger charge is 2.28. The average molecular weight is 493 g/mol. The number of hydrogen-bond acceptors (Lipinski definition) is 0. The van der Waals surface area contributed by atoms with Crippen molar-refractivity contribution in [2.24, 2.45) is 23.7 Å². The fourth-order valence-electron chi connectivity index (χ4n) is 6.90. The lowest BCUT2D eigenvalue weighted by Crippen LogP contribution is -2.20. The van der Waals surface area contributed by atoms with Gasteiger partial charge in [0.1, 0.15) is 0 Å². The van der Waals surface area contributed by atoms with E-state index < -0.39 is 0 Å². The van der Waals surface area contributed by atoms with Gasteiger partial charge in [0.15, 0.2) is 0 Å². The monoisotopic (exact) mass is 492 g/mol. The standard InChI is InChI=1S/C36H60/c1-4-5-13-23-35(36(29-32-21-16-17-22-32)31(3)34-27-19-28-34)24-15-12-10-8-6-7-9-11-14-20-30(2)33-25-18-26-33/h10,12,15,24,32-33,35-36H,2,4-9,11,13-14,16-23,25-29H2,1,3H3/b12-10-,24-15+. The molecule has 0 aromatic rings. The second-order valence-electron chi connectivity index (χ2n) is 12.7. The Hall–Kier alpha value is -1.04. The molecule has 0 spiro atoms. The van der Waals surface area contributed by atoms with E-state index in [0.29, 0.717) is 0 Å². The van der Waals surface area contributed by atoms with Crippen LogP contribution in [-0.4, -0.2) is 0 Å². The van der Waals surface area contributed by atoms with E-state index in [0.717, 1.165) is 23.7 Å². The van der Waals surface area contributed by atoms with Gasteiger partial charge in [-0.25, -0.2) is 0 Å². The molecule has 2 atom stereocenters. The molecule has 3 rings (SSSR count). The molecule has 0 nitrogen and oxygen atoms in total. The van der Waals surface area contributed by atoms with Crippen molar-refractivity contribution >= 4 is 0 Å². The zero-order valence-electron chi connectivity index (χ0n) is 24.4. The van der Waals surface area contributed by atoms with Crippen LogP contribution in [-0.2, 0) is 0 Å². The predicted octanol–water partition coefficient (Wildman–Crippen LogP) is 12.1. The van der Waals surface area contributed by atoms with E-state index in [1.54, 1.807) is 11.1 Å². The lowest BCUT2D eigenvalue weighted by atomic mass is 9.73. The minimum absolute atomic E-state index is 0.740. The Labute approximate surface area is 226 Å². The zero-order valence-corrected chi connectivity index (χ0v) is 24.4. The van der Waals surface area contributed by atoms with Gasteiger partial charge in [-0.05, 0) is 101 Å². The Morgan fingerprint density at radius 2 is 1.61 bits per heavy atom. The molecular formula is C36H60. The van der Waals surface area contributed by atoms with Crippen LogP contribution >= 0.6 is 0 Å². The molecule has 36 heavy (non-hydrogen) atoms. The van der Waals surface area contributed by atoms with Crippen molar-refractivity contribution in [2.45, 2.75) is 155 Å². The van der Waals surface area contributed by atoms with Crippen molar-refractivity contribution in [3.05, 3.63) is 47.6 Å². The maximum absolute atomic E-state index is 4.33. The zero-order chi connectivity index (χ0) is 25.4. The topological polar surface area (TPSA) is 0 Å². The van der Waals surface area contributed by atoms with Gasteiger partial charge in [0.05, 0.1) is 0 Å². The molecule has 0 amide bonds. The van der Waals surface area contributed by atoms with Crippen molar-refractivity contribution in [3.8, 4) is 0 Å². The molecule has 0 N–H and O–H groups in total. The molecule has 204 valence electrons. The van der Waals surface area contributed by atoms with Crippen LogP contribution in [0.2, 0.25) is 0 Å². The Morgan fingerprint density at radius 3 is 2.28 bits per heavy atom. The van der Waals surface area contributed by atoms with Gasteiger partial charge in [-0.3, -0.25) is 0 Å². The van der Waals surface area contributed by atoms with Crippen molar-refractivity contribution in [1.82, 2.24) is 0 Å². The van der Waals surface area contributed by atoms with Gasteiger partial charge in [-0.15, -0.1) is 0 Å². The van der Waals surface area contributed by atoms with Gasteiger partial charge in [0.2, 0.25) is 0 Å². The number of unbranched alkanes of at least 4 members (excludes halogenated alkanes) is 7. The van der Waals surface area contributed by atoms with Crippen LogP contribution in [0, 0.1) is 23.7 Å². The molecule has 0 saturated heterocycles. The predicted molar refractivity (Wildman–Crippen MR) is 161 cm³/mol. The minimum atomic E-state index is 0.740. The van der Waals surface area contributed by atoms with Gasteiger partial charge in [-0.2, -0.15) is 0 Å². The second-order valence-corrected chi connectivity index (χ2v) is 12.7. The molecule has 0 heteroatoms. The summed E-state index contributed by atoms with van der Waals surface area (Å²) in [6.07, 6.45) is 40.6. The van der Waals surface area contributed by atoms with E-state index >= 15 is 0 Å². The Morgan fingerprint density at radius 1 is 0.861 bits per heavy atom. The van der Waals surface area contributed by atoms with Crippen molar-refractivity contribution in [2.75, 3.05) is 0 Å². The highest BCUT2D eigenvalue weighted by molar-refractivity contribution is 5.22. The average Bonchev–Trinajstić information content (AvgIpc) is 3.31. The van der Waals surface area contributed by atoms with Gasteiger partial charge >= 0.3 is 0 Å². The summed E-state index contributed by atoms with van der Waals surface area (Å²) in [4.78, 5) is 0. The Kier molecular flexibility index (Phi) is 14.3. The Balaban J connectivity index is 1.40. The van der Waals surface area contributed by atoms with Crippen LogP contribution in [0.4, 0.5) is 0 Å².